The maximum atomic E-state index is 10.8. The third-order valence-corrected chi connectivity index (χ3v) is 5.04. The Kier molecular flexibility index (Phi) is 8.76. The van der Waals surface area contributed by atoms with Crippen LogP contribution < -0.4 is 20.1 Å². The molecule has 2 atom stereocenters. The van der Waals surface area contributed by atoms with Crippen LogP contribution >= 0.6 is 0 Å². The van der Waals surface area contributed by atoms with E-state index in [0.717, 1.165) is 11.3 Å². The van der Waals surface area contributed by atoms with Crippen LogP contribution in [-0.4, -0.2) is 63.9 Å². The van der Waals surface area contributed by atoms with Gasteiger partial charge in [-0.3, -0.25) is 0 Å². The van der Waals surface area contributed by atoms with Crippen molar-refractivity contribution in [1.29, 1.82) is 0 Å². The molecular weight excluding hydrogens is 396 g/mol. The van der Waals surface area contributed by atoms with Crippen LogP contribution in [-0.2, 0) is 5.60 Å². The van der Waals surface area contributed by atoms with Crippen molar-refractivity contribution in [3.8, 4) is 11.5 Å². The molecule has 2 unspecified atom stereocenters. The van der Waals surface area contributed by atoms with Gasteiger partial charge in [-0.25, -0.2) is 4.99 Å². The molecule has 8 heteroatoms. The number of hydrogen-bond donors (Lipinski definition) is 3. The van der Waals surface area contributed by atoms with E-state index in [1.807, 2.05) is 52.2 Å². The fourth-order valence-electron chi connectivity index (χ4n) is 3.23. The summed E-state index contributed by atoms with van der Waals surface area (Å²) in [6, 6.07) is 9.61. The number of aliphatic imine (C=N–C) groups is 1. The SMILES string of the molecule is CCNC(=NCC(C)(O)c1ccc(C)o1)NCC(c1ccc(OC)c(OC)c1)N(C)C. The molecule has 0 aliphatic carbocycles. The summed E-state index contributed by atoms with van der Waals surface area (Å²) in [5.41, 5.74) is -0.106. The molecule has 0 aliphatic heterocycles. The van der Waals surface area contributed by atoms with Gasteiger partial charge in [0, 0.05) is 13.1 Å². The third-order valence-electron chi connectivity index (χ3n) is 5.04. The van der Waals surface area contributed by atoms with Gasteiger partial charge in [0.05, 0.1) is 26.8 Å². The van der Waals surface area contributed by atoms with Crippen LogP contribution in [0.2, 0.25) is 0 Å². The second-order valence-electron chi connectivity index (χ2n) is 7.85. The summed E-state index contributed by atoms with van der Waals surface area (Å²) >= 11 is 0. The second-order valence-corrected chi connectivity index (χ2v) is 7.85. The number of furan rings is 1. The zero-order chi connectivity index (χ0) is 23.0. The minimum Gasteiger partial charge on any atom is -0.493 e. The van der Waals surface area contributed by atoms with Crippen LogP contribution in [0.5, 0.6) is 11.5 Å². The van der Waals surface area contributed by atoms with Gasteiger partial charge < -0.3 is 34.5 Å². The molecule has 0 fully saturated rings. The average Bonchev–Trinajstić information content (AvgIpc) is 3.19. The molecule has 1 aromatic carbocycles. The number of aryl methyl sites for hydroxylation is 1. The molecule has 3 N–H and O–H groups in total. The highest BCUT2D eigenvalue weighted by molar-refractivity contribution is 5.79. The number of ether oxygens (including phenoxy) is 2. The fraction of sp³-hybridized carbons (Fsp3) is 0.522. The summed E-state index contributed by atoms with van der Waals surface area (Å²) in [6.07, 6.45) is 0. The number of aliphatic hydroxyl groups is 1. The Morgan fingerprint density at radius 1 is 1.16 bits per heavy atom. The summed E-state index contributed by atoms with van der Waals surface area (Å²) in [6.45, 7) is 7.03. The van der Waals surface area contributed by atoms with Gasteiger partial charge in [-0.2, -0.15) is 0 Å². The first kappa shape index (κ1) is 24.6. The predicted octanol–water partition coefficient (Wildman–Crippen LogP) is 2.67. The van der Waals surface area contributed by atoms with Gasteiger partial charge >= 0.3 is 0 Å². The number of hydrogen-bond acceptors (Lipinski definition) is 6. The van der Waals surface area contributed by atoms with Crippen molar-refractivity contribution >= 4 is 5.96 Å². The van der Waals surface area contributed by atoms with E-state index in [2.05, 4.69) is 20.5 Å². The van der Waals surface area contributed by atoms with Crippen LogP contribution in [0.3, 0.4) is 0 Å². The van der Waals surface area contributed by atoms with Gasteiger partial charge in [-0.1, -0.05) is 6.07 Å². The Bertz CT molecular complexity index is 861. The molecule has 8 nitrogen and oxygen atoms in total. The van der Waals surface area contributed by atoms with Gasteiger partial charge in [0.15, 0.2) is 17.5 Å². The van der Waals surface area contributed by atoms with E-state index < -0.39 is 5.60 Å². The van der Waals surface area contributed by atoms with Crippen LogP contribution in [0.25, 0.3) is 0 Å². The minimum atomic E-state index is -1.19. The molecule has 1 heterocycles. The van der Waals surface area contributed by atoms with Crippen LogP contribution in [0.1, 0.15) is 37.0 Å². The molecule has 2 aromatic rings. The maximum Gasteiger partial charge on any atom is 0.191 e. The molecular formula is C23H36N4O4. The number of rotatable bonds is 10. The predicted molar refractivity (Wildman–Crippen MR) is 123 cm³/mol. The Balaban J connectivity index is 2.14. The zero-order valence-corrected chi connectivity index (χ0v) is 19.7. The van der Waals surface area contributed by atoms with Crippen LogP contribution in [0.4, 0.5) is 0 Å². The lowest BCUT2D eigenvalue weighted by atomic mass is 10.0. The average molecular weight is 433 g/mol. The lowest BCUT2D eigenvalue weighted by Crippen LogP contribution is -2.42. The summed E-state index contributed by atoms with van der Waals surface area (Å²) in [7, 11) is 7.31. The van der Waals surface area contributed by atoms with E-state index in [4.69, 9.17) is 13.9 Å². The number of benzene rings is 1. The first-order valence-corrected chi connectivity index (χ1v) is 10.4. The molecule has 172 valence electrons. The highest BCUT2D eigenvalue weighted by Gasteiger charge is 2.27. The third kappa shape index (κ3) is 6.63. The molecule has 2 rings (SSSR count). The van der Waals surface area contributed by atoms with Crippen molar-refractivity contribution in [1.82, 2.24) is 15.5 Å². The topological polar surface area (TPSA) is 91.5 Å². The Hall–Kier alpha value is -2.71. The Labute approximate surface area is 185 Å². The molecule has 1 aromatic heterocycles. The molecule has 0 bridgehead atoms. The highest BCUT2D eigenvalue weighted by atomic mass is 16.5. The smallest absolute Gasteiger partial charge is 0.191 e. The van der Waals surface area contributed by atoms with Gasteiger partial charge in [0.2, 0.25) is 0 Å². The highest BCUT2D eigenvalue weighted by Crippen LogP contribution is 2.31. The van der Waals surface area contributed by atoms with Crippen molar-refractivity contribution < 1.29 is 19.0 Å². The van der Waals surface area contributed by atoms with Crippen LogP contribution in [0, 0.1) is 6.92 Å². The summed E-state index contributed by atoms with van der Waals surface area (Å²) in [5.74, 6) is 3.27. The van der Waals surface area contributed by atoms with E-state index >= 15 is 0 Å². The number of nitrogens with zero attached hydrogens (tertiary/aromatic N) is 2. The van der Waals surface area contributed by atoms with Gasteiger partial charge in [-0.05, 0) is 64.7 Å². The summed E-state index contributed by atoms with van der Waals surface area (Å²) < 4.78 is 16.4. The van der Waals surface area contributed by atoms with Gasteiger partial charge in [-0.15, -0.1) is 0 Å². The monoisotopic (exact) mass is 432 g/mol. The van der Waals surface area contributed by atoms with Crippen molar-refractivity contribution in [3.63, 3.8) is 0 Å². The van der Waals surface area contributed by atoms with Crippen molar-refractivity contribution in [2.45, 2.75) is 32.4 Å². The van der Waals surface area contributed by atoms with E-state index in [9.17, 15) is 5.11 Å². The van der Waals surface area contributed by atoms with Crippen LogP contribution in [0.15, 0.2) is 39.7 Å². The molecule has 31 heavy (non-hydrogen) atoms. The van der Waals surface area contributed by atoms with Crippen molar-refractivity contribution in [2.24, 2.45) is 4.99 Å². The second kappa shape index (κ2) is 11.1. The molecule has 0 saturated heterocycles. The van der Waals surface area contributed by atoms with E-state index in [-0.39, 0.29) is 12.6 Å². The first-order valence-electron chi connectivity index (χ1n) is 10.4. The Morgan fingerprint density at radius 2 is 1.87 bits per heavy atom. The lowest BCUT2D eigenvalue weighted by molar-refractivity contribution is 0.0428. The molecule has 0 radical (unpaired) electrons. The van der Waals surface area contributed by atoms with E-state index in [1.54, 1.807) is 27.2 Å². The number of nitrogens with one attached hydrogen (secondary N) is 2. The number of methoxy groups -OCH3 is 2. The number of likely N-dealkylation sites (N-methyl/N-ethyl adjacent to an activating group) is 1. The standard InChI is InChI=1S/C23H36N4O4/c1-8-24-22(26-15-23(3,28)21-12-9-16(2)31-21)25-14-18(27(4)5)17-10-11-19(29-6)20(13-17)30-7/h9-13,18,28H,8,14-15H2,1-7H3,(H2,24,25,26). The molecule has 0 saturated carbocycles. The largest absolute Gasteiger partial charge is 0.493 e. The molecule has 0 aliphatic rings. The maximum absolute atomic E-state index is 10.8. The molecule has 0 spiro atoms. The first-order chi connectivity index (χ1) is 14.7. The van der Waals surface area contributed by atoms with E-state index in [0.29, 0.717) is 36.3 Å². The lowest BCUT2D eigenvalue weighted by Gasteiger charge is -2.27. The van der Waals surface area contributed by atoms with Gasteiger partial charge in [0.1, 0.15) is 17.1 Å². The Morgan fingerprint density at radius 3 is 2.42 bits per heavy atom. The van der Waals surface area contributed by atoms with Crippen molar-refractivity contribution in [3.05, 3.63) is 47.4 Å². The summed E-state index contributed by atoms with van der Waals surface area (Å²) in [4.78, 5) is 6.70. The fourth-order valence-corrected chi connectivity index (χ4v) is 3.23. The summed E-state index contributed by atoms with van der Waals surface area (Å²) in [5, 5.41) is 17.4. The van der Waals surface area contributed by atoms with Gasteiger partial charge in [0.25, 0.3) is 0 Å². The number of guanidine groups is 1. The van der Waals surface area contributed by atoms with Crippen molar-refractivity contribution in [2.75, 3.05) is 47.9 Å². The van der Waals surface area contributed by atoms with E-state index in [1.165, 1.54) is 0 Å². The normalized spacial score (nSPS) is 14.8. The zero-order valence-electron chi connectivity index (χ0n) is 19.7. The molecule has 0 amide bonds. The quantitative estimate of drug-likeness (QED) is 0.393. The minimum absolute atomic E-state index is 0.0666.